The van der Waals surface area contributed by atoms with Gasteiger partial charge in [0.05, 0.1) is 13.1 Å². The van der Waals surface area contributed by atoms with Crippen molar-refractivity contribution in [3.8, 4) is 5.75 Å². The first-order valence-corrected chi connectivity index (χ1v) is 10.8. The number of fused-ring (bicyclic) bond motifs is 1. The van der Waals surface area contributed by atoms with Crippen LogP contribution in [0.4, 0.5) is 0 Å². The van der Waals surface area contributed by atoms with Crippen molar-refractivity contribution in [3.05, 3.63) is 71.5 Å². The largest absolute Gasteiger partial charge is 0.492 e. The third-order valence-electron chi connectivity index (χ3n) is 5.39. The number of aromatic nitrogens is 4. The molecule has 8 heteroatoms. The highest BCUT2D eigenvalue weighted by Gasteiger charge is 2.18. The van der Waals surface area contributed by atoms with E-state index in [1.807, 2.05) is 35.0 Å². The molecule has 0 saturated heterocycles. The summed E-state index contributed by atoms with van der Waals surface area (Å²) in [6.45, 7) is 4.19. The maximum Gasteiger partial charge on any atom is 0.220 e. The molecular weight excluding hydrogens is 392 g/mol. The summed E-state index contributed by atoms with van der Waals surface area (Å²) in [6.07, 6.45) is 2.17. The topological polar surface area (TPSA) is 85.2 Å². The highest BCUT2D eigenvalue weighted by atomic mass is 16.5. The summed E-state index contributed by atoms with van der Waals surface area (Å²) in [5.74, 6) is 1.66. The van der Waals surface area contributed by atoms with Gasteiger partial charge in [-0.25, -0.2) is 4.68 Å². The second-order valence-electron chi connectivity index (χ2n) is 7.66. The summed E-state index contributed by atoms with van der Waals surface area (Å²) in [7, 11) is 0. The number of carbonyl (C=O) groups is 1. The van der Waals surface area contributed by atoms with Crippen molar-refractivity contribution in [2.45, 2.75) is 38.9 Å². The van der Waals surface area contributed by atoms with Gasteiger partial charge < -0.3 is 10.1 Å². The van der Waals surface area contributed by atoms with E-state index < -0.39 is 0 Å². The molecule has 0 radical (unpaired) electrons. The van der Waals surface area contributed by atoms with E-state index in [2.05, 4.69) is 50.0 Å². The van der Waals surface area contributed by atoms with Crippen LogP contribution in [0.25, 0.3) is 0 Å². The molecule has 0 unspecified atom stereocenters. The van der Waals surface area contributed by atoms with Gasteiger partial charge >= 0.3 is 0 Å². The van der Waals surface area contributed by atoms with Gasteiger partial charge in [0, 0.05) is 26.1 Å². The zero-order chi connectivity index (χ0) is 21.3. The molecule has 31 heavy (non-hydrogen) atoms. The van der Waals surface area contributed by atoms with Crippen LogP contribution in [-0.2, 0) is 30.8 Å². The number of rotatable bonds is 10. The van der Waals surface area contributed by atoms with E-state index in [0.29, 0.717) is 39.1 Å². The van der Waals surface area contributed by atoms with Gasteiger partial charge in [-0.3, -0.25) is 9.69 Å². The lowest BCUT2D eigenvalue weighted by Gasteiger charge is -2.28. The van der Waals surface area contributed by atoms with E-state index in [1.54, 1.807) is 0 Å². The van der Waals surface area contributed by atoms with Crippen LogP contribution in [0.1, 0.15) is 29.8 Å². The molecule has 1 aliphatic rings. The van der Waals surface area contributed by atoms with Crippen LogP contribution >= 0.6 is 0 Å². The van der Waals surface area contributed by atoms with Crippen LogP contribution in [-0.4, -0.2) is 50.7 Å². The Morgan fingerprint density at radius 3 is 2.74 bits per heavy atom. The number of hydrogen-bond acceptors (Lipinski definition) is 6. The van der Waals surface area contributed by atoms with E-state index in [9.17, 15) is 4.79 Å². The Kier molecular flexibility index (Phi) is 7.23. The van der Waals surface area contributed by atoms with Crippen molar-refractivity contribution >= 4 is 5.91 Å². The molecule has 0 fully saturated rings. The van der Waals surface area contributed by atoms with Crippen molar-refractivity contribution in [2.24, 2.45) is 0 Å². The van der Waals surface area contributed by atoms with Gasteiger partial charge in [-0.2, -0.15) is 0 Å². The number of amides is 1. The SMILES string of the molecule is O=C(CCCn1nnnc1CN1CCc2ccccc2C1)NCCOc1ccccc1. The number of para-hydroxylation sites is 1. The Labute approximate surface area is 182 Å². The molecule has 0 bridgehead atoms. The van der Waals surface area contributed by atoms with Gasteiger partial charge in [-0.15, -0.1) is 5.10 Å². The normalized spacial score (nSPS) is 13.5. The number of hydrogen-bond donors (Lipinski definition) is 1. The number of nitrogens with zero attached hydrogens (tertiary/aromatic N) is 5. The van der Waals surface area contributed by atoms with E-state index in [0.717, 1.165) is 31.1 Å². The maximum atomic E-state index is 12.1. The molecule has 162 valence electrons. The van der Waals surface area contributed by atoms with Crippen molar-refractivity contribution in [2.75, 3.05) is 19.7 Å². The highest BCUT2D eigenvalue weighted by Crippen LogP contribution is 2.19. The standard InChI is InChI=1S/C23H28N6O2/c30-23(24-13-16-31-21-9-2-1-3-10-21)11-6-14-29-22(25-26-27-29)18-28-15-12-19-7-4-5-8-20(19)17-28/h1-5,7-10H,6,11-18H2,(H,24,30). The van der Waals surface area contributed by atoms with E-state index in [-0.39, 0.29) is 5.91 Å². The quantitative estimate of drug-likeness (QED) is 0.506. The molecule has 1 aliphatic heterocycles. The molecular formula is C23H28N6O2. The zero-order valence-corrected chi connectivity index (χ0v) is 17.6. The first-order valence-electron chi connectivity index (χ1n) is 10.8. The zero-order valence-electron chi connectivity index (χ0n) is 17.6. The smallest absolute Gasteiger partial charge is 0.220 e. The molecule has 2 aromatic carbocycles. The van der Waals surface area contributed by atoms with Crippen molar-refractivity contribution < 1.29 is 9.53 Å². The first kappa shape index (κ1) is 21.0. The van der Waals surface area contributed by atoms with Gasteiger partial charge in [0.1, 0.15) is 12.4 Å². The minimum Gasteiger partial charge on any atom is -0.492 e. The van der Waals surface area contributed by atoms with E-state index in [4.69, 9.17) is 4.74 Å². The summed E-state index contributed by atoms with van der Waals surface area (Å²) >= 11 is 0. The maximum absolute atomic E-state index is 12.1. The predicted molar refractivity (Wildman–Crippen MR) is 116 cm³/mol. The number of ether oxygens (including phenoxy) is 1. The number of carbonyl (C=O) groups excluding carboxylic acids is 1. The summed E-state index contributed by atoms with van der Waals surface area (Å²) < 4.78 is 7.39. The molecule has 4 rings (SSSR count). The van der Waals surface area contributed by atoms with Gasteiger partial charge in [0.15, 0.2) is 5.82 Å². The summed E-state index contributed by atoms with van der Waals surface area (Å²) in [6, 6.07) is 18.2. The lowest BCUT2D eigenvalue weighted by Crippen LogP contribution is -2.31. The number of nitrogens with one attached hydrogen (secondary N) is 1. The van der Waals surface area contributed by atoms with Crippen LogP contribution in [0.3, 0.4) is 0 Å². The third kappa shape index (κ3) is 6.11. The van der Waals surface area contributed by atoms with Crippen LogP contribution in [0.2, 0.25) is 0 Å². The molecule has 3 aromatic rings. The first-order chi connectivity index (χ1) is 15.3. The van der Waals surface area contributed by atoms with Crippen molar-refractivity contribution in [1.82, 2.24) is 30.4 Å². The van der Waals surface area contributed by atoms with E-state index in [1.165, 1.54) is 11.1 Å². The summed E-state index contributed by atoms with van der Waals surface area (Å²) in [5, 5.41) is 15.0. The van der Waals surface area contributed by atoms with Crippen LogP contribution in [0.15, 0.2) is 54.6 Å². The molecule has 2 heterocycles. The Morgan fingerprint density at radius 1 is 1.06 bits per heavy atom. The number of aryl methyl sites for hydroxylation is 1. The van der Waals surface area contributed by atoms with Crippen molar-refractivity contribution in [3.63, 3.8) is 0 Å². The Morgan fingerprint density at radius 2 is 1.87 bits per heavy atom. The van der Waals surface area contributed by atoms with Gasteiger partial charge in [0.2, 0.25) is 5.91 Å². The number of benzene rings is 2. The minimum absolute atomic E-state index is 0.0129. The average Bonchev–Trinajstić information content (AvgIpc) is 3.24. The Bertz CT molecular complexity index is 975. The fourth-order valence-electron chi connectivity index (χ4n) is 3.75. The fourth-order valence-corrected chi connectivity index (χ4v) is 3.75. The molecule has 1 aromatic heterocycles. The average molecular weight is 421 g/mol. The monoisotopic (exact) mass is 420 g/mol. The molecule has 1 amide bonds. The van der Waals surface area contributed by atoms with Gasteiger partial charge in [-0.1, -0.05) is 42.5 Å². The number of tetrazole rings is 1. The van der Waals surface area contributed by atoms with Gasteiger partial charge in [0.25, 0.3) is 0 Å². The molecule has 0 spiro atoms. The Balaban J connectivity index is 1.16. The summed E-state index contributed by atoms with van der Waals surface area (Å²) in [5.41, 5.74) is 2.80. The second kappa shape index (κ2) is 10.7. The molecule has 8 nitrogen and oxygen atoms in total. The minimum atomic E-state index is 0.0129. The molecule has 0 aliphatic carbocycles. The van der Waals surface area contributed by atoms with Crippen molar-refractivity contribution in [1.29, 1.82) is 0 Å². The lowest BCUT2D eigenvalue weighted by molar-refractivity contribution is -0.121. The predicted octanol–water partition coefficient (Wildman–Crippen LogP) is 2.21. The van der Waals surface area contributed by atoms with Crippen LogP contribution < -0.4 is 10.1 Å². The molecule has 1 N–H and O–H groups in total. The fraction of sp³-hybridized carbons (Fsp3) is 0.391. The van der Waals surface area contributed by atoms with Gasteiger partial charge in [-0.05, 0) is 46.5 Å². The van der Waals surface area contributed by atoms with Crippen LogP contribution in [0.5, 0.6) is 5.75 Å². The molecule has 0 saturated carbocycles. The molecule has 0 atom stereocenters. The lowest BCUT2D eigenvalue weighted by atomic mass is 10.00. The third-order valence-corrected chi connectivity index (χ3v) is 5.39. The highest BCUT2D eigenvalue weighted by molar-refractivity contribution is 5.75. The Hall–Kier alpha value is -3.26. The summed E-state index contributed by atoms with van der Waals surface area (Å²) in [4.78, 5) is 14.4. The van der Waals surface area contributed by atoms with E-state index >= 15 is 0 Å². The van der Waals surface area contributed by atoms with Crippen LogP contribution in [0, 0.1) is 0 Å². The second-order valence-corrected chi connectivity index (χ2v) is 7.66.